The van der Waals surface area contributed by atoms with E-state index in [9.17, 15) is 8.42 Å². The molecule has 0 atom stereocenters. The fraction of sp³-hybridized carbons (Fsp3) is 0.500. The van der Waals surface area contributed by atoms with Gasteiger partial charge in [-0.2, -0.15) is 0 Å². The first-order chi connectivity index (χ1) is 8.96. The Labute approximate surface area is 117 Å². The van der Waals surface area contributed by atoms with Gasteiger partial charge in [-0.25, -0.2) is 13.1 Å². The largest absolute Gasteiger partial charge is 0.497 e. The summed E-state index contributed by atoms with van der Waals surface area (Å²) in [6, 6.07) is 4.36. The number of benzene rings is 1. The van der Waals surface area contributed by atoms with Crippen LogP contribution in [0.2, 0.25) is 5.02 Å². The highest BCUT2D eigenvalue weighted by molar-refractivity contribution is 7.89. The highest BCUT2D eigenvalue weighted by Gasteiger charge is 2.32. The average Bonchev–Trinajstić information content (AvgIpc) is 2.33. The molecule has 5 nitrogen and oxygen atoms in total. The van der Waals surface area contributed by atoms with Gasteiger partial charge >= 0.3 is 0 Å². The molecule has 1 aromatic carbocycles. The van der Waals surface area contributed by atoms with E-state index in [-0.39, 0.29) is 28.5 Å². The monoisotopic (exact) mass is 305 g/mol. The van der Waals surface area contributed by atoms with Crippen molar-refractivity contribution in [1.29, 1.82) is 0 Å². The number of aliphatic hydroxyl groups is 1. The highest BCUT2D eigenvalue weighted by Crippen LogP contribution is 2.30. The SMILES string of the molecule is COc1ccc(Cl)c(S(=O)(=O)NC2CC(CO)C2)c1. The van der Waals surface area contributed by atoms with Gasteiger partial charge in [-0.05, 0) is 30.9 Å². The number of rotatable bonds is 5. The third-order valence-electron chi connectivity index (χ3n) is 3.24. The molecule has 1 saturated carbocycles. The van der Waals surface area contributed by atoms with Gasteiger partial charge in [0.15, 0.2) is 0 Å². The second-order valence-corrected chi connectivity index (χ2v) is 6.72. The molecule has 0 heterocycles. The molecule has 1 aromatic rings. The molecule has 1 aliphatic rings. The minimum absolute atomic E-state index is 0.0148. The maximum absolute atomic E-state index is 12.2. The molecule has 0 aliphatic heterocycles. The molecule has 0 spiro atoms. The van der Waals surface area contributed by atoms with Crippen LogP contribution >= 0.6 is 11.6 Å². The lowest BCUT2D eigenvalue weighted by Gasteiger charge is -2.34. The van der Waals surface area contributed by atoms with Crippen LogP contribution in [0.1, 0.15) is 12.8 Å². The summed E-state index contributed by atoms with van der Waals surface area (Å²) in [4.78, 5) is 0.0148. The van der Waals surface area contributed by atoms with Gasteiger partial charge in [0.2, 0.25) is 10.0 Å². The van der Waals surface area contributed by atoms with Crippen LogP contribution in [0, 0.1) is 5.92 Å². The Morgan fingerprint density at radius 1 is 1.47 bits per heavy atom. The minimum atomic E-state index is -3.66. The topological polar surface area (TPSA) is 75.6 Å². The summed E-state index contributed by atoms with van der Waals surface area (Å²) < 4.78 is 32.0. The van der Waals surface area contributed by atoms with E-state index in [2.05, 4.69) is 4.72 Å². The van der Waals surface area contributed by atoms with Gasteiger partial charge in [0.05, 0.1) is 12.1 Å². The van der Waals surface area contributed by atoms with Crippen LogP contribution in [0.15, 0.2) is 23.1 Å². The van der Waals surface area contributed by atoms with Crippen LogP contribution in [-0.4, -0.2) is 33.3 Å². The zero-order chi connectivity index (χ0) is 14.0. The van der Waals surface area contributed by atoms with Crippen molar-refractivity contribution in [3.63, 3.8) is 0 Å². The van der Waals surface area contributed by atoms with E-state index >= 15 is 0 Å². The van der Waals surface area contributed by atoms with Crippen LogP contribution < -0.4 is 9.46 Å². The first kappa shape index (κ1) is 14.6. The summed E-state index contributed by atoms with van der Waals surface area (Å²) in [5.41, 5.74) is 0. The molecule has 0 aromatic heterocycles. The third-order valence-corrected chi connectivity index (χ3v) is 5.25. The number of methoxy groups -OCH3 is 1. The van der Waals surface area contributed by atoms with Gasteiger partial charge in [-0.15, -0.1) is 0 Å². The second kappa shape index (κ2) is 5.66. The van der Waals surface area contributed by atoms with Gasteiger partial charge in [-0.3, -0.25) is 0 Å². The van der Waals surface area contributed by atoms with Crippen molar-refractivity contribution in [3.8, 4) is 5.75 Å². The first-order valence-corrected chi connectivity index (χ1v) is 7.79. The molecule has 2 N–H and O–H groups in total. The van der Waals surface area contributed by atoms with Gasteiger partial charge in [-0.1, -0.05) is 11.6 Å². The van der Waals surface area contributed by atoms with Crippen molar-refractivity contribution in [3.05, 3.63) is 23.2 Å². The second-order valence-electron chi connectivity index (χ2n) is 4.63. The van der Waals surface area contributed by atoms with Crippen LogP contribution in [0.3, 0.4) is 0 Å². The van der Waals surface area contributed by atoms with E-state index in [1.165, 1.54) is 19.2 Å². The Morgan fingerprint density at radius 3 is 2.74 bits per heavy atom. The van der Waals surface area contributed by atoms with E-state index in [1.807, 2.05) is 0 Å². The Morgan fingerprint density at radius 2 is 2.16 bits per heavy atom. The van der Waals surface area contributed by atoms with Crippen molar-refractivity contribution in [2.24, 2.45) is 5.92 Å². The molecule has 1 fully saturated rings. The van der Waals surface area contributed by atoms with Gasteiger partial charge in [0, 0.05) is 18.7 Å². The number of halogens is 1. The molecule has 0 unspecified atom stereocenters. The summed E-state index contributed by atoms with van der Waals surface area (Å²) in [6.07, 6.45) is 1.30. The van der Waals surface area contributed by atoms with Crippen LogP contribution in [-0.2, 0) is 10.0 Å². The zero-order valence-corrected chi connectivity index (χ0v) is 12.0. The fourth-order valence-corrected chi connectivity index (χ4v) is 3.86. The summed E-state index contributed by atoms with van der Waals surface area (Å²) >= 11 is 5.92. The Kier molecular flexibility index (Phi) is 4.35. The lowest BCUT2D eigenvalue weighted by Crippen LogP contribution is -2.45. The molecule has 0 saturated heterocycles. The highest BCUT2D eigenvalue weighted by atomic mass is 35.5. The number of sulfonamides is 1. The lowest BCUT2D eigenvalue weighted by molar-refractivity contribution is 0.137. The predicted octanol–water partition coefficient (Wildman–Crippen LogP) is 1.40. The van der Waals surface area contributed by atoms with Crippen molar-refractivity contribution in [2.75, 3.05) is 13.7 Å². The Hall–Kier alpha value is -0.820. The molecule has 7 heteroatoms. The number of aliphatic hydroxyl groups excluding tert-OH is 1. The quantitative estimate of drug-likeness (QED) is 0.862. The number of hydrogen-bond donors (Lipinski definition) is 2. The van der Waals surface area contributed by atoms with Crippen molar-refractivity contribution < 1.29 is 18.3 Å². The standard InChI is InChI=1S/C12H16ClNO4S/c1-18-10-2-3-11(13)12(6-10)19(16,17)14-9-4-8(5-9)7-15/h2-3,6,8-9,14-15H,4-5,7H2,1H3. The van der Waals surface area contributed by atoms with Crippen molar-refractivity contribution in [2.45, 2.75) is 23.8 Å². The number of nitrogens with one attached hydrogen (secondary N) is 1. The maximum Gasteiger partial charge on any atom is 0.242 e. The summed E-state index contributed by atoms with van der Waals surface area (Å²) in [6.45, 7) is 0.0954. The molecule has 0 radical (unpaired) electrons. The Balaban J connectivity index is 2.15. The van der Waals surface area contributed by atoms with E-state index in [0.29, 0.717) is 18.6 Å². The van der Waals surface area contributed by atoms with Crippen molar-refractivity contribution >= 4 is 21.6 Å². The van der Waals surface area contributed by atoms with Gasteiger partial charge in [0.1, 0.15) is 10.6 Å². The third kappa shape index (κ3) is 3.20. The Bertz CT molecular complexity index is 555. The molecule has 2 rings (SSSR count). The molecular weight excluding hydrogens is 290 g/mol. The van der Waals surface area contributed by atoms with E-state index < -0.39 is 10.0 Å². The number of ether oxygens (including phenoxy) is 1. The molecular formula is C12H16ClNO4S. The van der Waals surface area contributed by atoms with Crippen LogP contribution in [0.5, 0.6) is 5.75 Å². The molecule has 19 heavy (non-hydrogen) atoms. The van der Waals surface area contributed by atoms with Crippen molar-refractivity contribution in [1.82, 2.24) is 4.72 Å². The minimum Gasteiger partial charge on any atom is -0.497 e. The molecule has 1 aliphatic carbocycles. The van der Waals surface area contributed by atoms with E-state index in [0.717, 1.165) is 0 Å². The fourth-order valence-electron chi connectivity index (χ4n) is 2.08. The van der Waals surface area contributed by atoms with Gasteiger partial charge in [0.25, 0.3) is 0 Å². The number of hydrogen-bond acceptors (Lipinski definition) is 4. The average molecular weight is 306 g/mol. The summed E-state index contributed by atoms with van der Waals surface area (Å²) in [5.74, 6) is 0.625. The van der Waals surface area contributed by atoms with E-state index in [4.69, 9.17) is 21.4 Å². The lowest BCUT2D eigenvalue weighted by atomic mass is 9.82. The normalized spacial score (nSPS) is 22.9. The zero-order valence-electron chi connectivity index (χ0n) is 10.5. The molecule has 0 amide bonds. The van der Waals surface area contributed by atoms with Crippen LogP contribution in [0.4, 0.5) is 0 Å². The van der Waals surface area contributed by atoms with Gasteiger partial charge < -0.3 is 9.84 Å². The predicted molar refractivity (Wildman–Crippen MR) is 71.9 cm³/mol. The summed E-state index contributed by atoms with van der Waals surface area (Å²) in [5, 5.41) is 9.08. The van der Waals surface area contributed by atoms with E-state index in [1.54, 1.807) is 6.07 Å². The first-order valence-electron chi connectivity index (χ1n) is 5.93. The van der Waals surface area contributed by atoms with Crippen LogP contribution in [0.25, 0.3) is 0 Å². The smallest absolute Gasteiger partial charge is 0.242 e. The maximum atomic E-state index is 12.2. The molecule has 106 valence electrons. The molecule has 0 bridgehead atoms. The summed E-state index contributed by atoms with van der Waals surface area (Å²) in [7, 11) is -2.20.